The number of allylic oxidation sites excluding steroid dienone is 1. The van der Waals surface area contributed by atoms with Gasteiger partial charge in [-0.15, -0.1) is 0 Å². The van der Waals surface area contributed by atoms with Gasteiger partial charge in [0, 0.05) is 25.6 Å². The highest BCUT2D eigenvalue weighted by Gasteiger charge is 2.55. The maximum absolute atomic E-state index is 12.8. The predicted octanol–water partition coefficient (Wildman–Crippen LogP) is 4.36. The summed E-state index contributed by atoms with van der Waals surface area (Å²) in [6, 6.07) is 8.72. The smallest absolute Gasteiger partial charge is 0.310 e. The highest BCUT2D eigenvalue weighted by atomic mass is 16.6. The summed E-state index contributed by atoms with van der Waals surface area (Å²) in [6.07, 6.45) is 7.02. The fourth-order valence-corrected chi connectivity index (χ4v) is 6.45. The van der Waals surface area contributed by atoms with Gasteiger partial charge in [0.1, 0.15) is 6.10 Å². The van der Waals surface area contributed by atoms with Gasteiger partial charge in [-0.1, -0.05) is 43.3 Å². The Morgan fingerprint density at radius 3 is 2.93 bits per heavy atom. The Morgan fingerprint density at radius 1 is 1.26 bits per heavy atom. The summed E-state index contributed by atoms with van der Waals surface area (Å²) < 4.78 is 5.94. The van der Waals surface area contributed by atoms with E-state index in [9.17, 15) is 4.79 Å². The number of fused-ring (bicyclic) bond motifs is 3. The van der Waals surface area contributed by atoms with E-state index in [1.807, 2.05) is 0 Å². The zero-order chi connectivity index (χ0) is 18.6. The quantitative estimate of drug-likeness (QED) is 0.576. The maximum Gasteiger partial charge on any atom is 0.310 e. The monoisotopic (exact) mass is 365 g/mol. The SMILES string of the molecule is C=C1CCC[C@]2(C)C[C@H]3OC(=O)[C@@H](CN4CCc5ccccc5C4)[C@H]3C[C@@H]12. The van der Waals surface area contributed by atoms with Crippen LogP contribution in [0.15, 0.2) is 36.4 Å². The van der Waals surface area contributed by atoms with Crippen LogP contribution in [0.3, 0.4) is 0 Å². The first-order valence-electron chi connectivity index (χ1n) is 10.7. The van der Waals surface area contributed by atoms with Gasteiger partial charge >= 0.3 is 5.97 Å². The van der Waals surface area contributed by atoms with Crippen LogP contribution < -0.4 is 0 Å². The molecule has 4 aliphatic rings. The van der Waals surface area contributed by atoms with Crippen LogP contribution in [0, 0.1) is 23.2 Å². The first-order valence-corrected chi connectivity index (χ1v) is 10.7. The van der Waals surface area contributed by atoms with Crippen molar-refractivity contribution in [1.82, 2.24) is 4.90 Å². The standard InChI is InChI=1S/C24H31NO2/c1-16-6-5-10-24(2)13-22-19(12-21(16)24)20(23(26)27-22)15-25-11-9-17-7-3-4-8-18(17)14-25/h3-4,7-8,19-22H,1,5-6,9-15H2,2H3/t19-,20+,21+,22-,24-/m1/s1. The molecule has 2 saturated carbocycles. The molecule has 27 heavy (non-hydrogen) atoms. The van der Waals surface area contributed by atoms with Crippen molar-refractivity contribution < 1.29 is 9.53 Å². The lowest BCUT2D eigenvalue weighted by molar-refractivity contribution is -0.146. The van der Waals surface area contributed by atoms with E-state index in [0.717, 1.165) is 38.9 Å². The minimum Gasteiger partial charge on any atom is -0.462 e. The minimum absolute atomic E-state index is 0.0412. The van der Waals surface area contributed by atoms with Gasteiger partial charge in [0.15, 0.2) is 0 Å². The summed E-state index contributed by atoms with van der Waals surface area (Å²) in [5.41, 5.74) is 4.60. The third kappa shape index (κ3) is 2.95. The molecule has 5 atom stereocenters. The van der Waals surface area contributed by atoms with E-state index in [-0.39, 0.29) is 23.4 Å². The number of ether oxygens (including phenoxy) is 1. The van der Waals surface area contributed by atoms with Gasteiger partial charge in [-0.25, -0.2) is 0 Å². The van der Waals surface area contributed by atoms with Crippen LogP contribution in [-0.2, 0) is 22.5 Å². The second-order valence-corrected chi connectivity index (χ2v) is 9.66. The molecule has 2 aliphatic carbocycles. The second-order valence-electron chi connectivity index (χ2n) is 9.66. The molecule has 2 aliphatic heterocycles. The van der Waals surface area contributed by atoms with Gasteiger partial charge < -0.3 is 4.74 Å². The molecule has 2 heterocycles. The molecule has 5 rings (SSSR count). The molecule has 3 nitrogen and oxygen atoms in total. The zero-order valence-corrected chi connectivity index (χ0v) is 16.5. The van der Waals surface area contributed by atoms with Gasteiger partial charge in [-0.3, -0.25) is 9.69 Å². The summed E-state index contributed by atoms with van der Waals surface area (Å²) in [4.78, 5) is 15.3. The Bertz CT molecular complexity index is 771. The predicted molar refractivity (Wildman–Crippen MR) is 106 cm³/mol. The van der Waals surface area contributed by atoms with E-state index in [0.29, 0.717) is 11.8 Å². The molecule has 3 heteroatoms. The first-order chi connectivity index (χ1) is 13.0. The number of benzene rings is 1. The van der Waals surface area contributed by atoms with Crippen LogP contribution in [0.4, 0.5) is 0 Å². The van der Waals surface area contributed by atoms with Crippen molar-refractivity contribution in [1.29, 1.82) is 0 Å². The highest BCUT2D eigenvalue weighted by Crippen LogP contribution is 2.57. The van der Waals surface area contributed by atoms with E-state index < -0.39 is 0 Å². The summed E-state index contributed by atoms with van der Waals surface area (Å²) in [6.45, 7) is 9.67. The molecule has 1 aromatic rings. The highest BCUT2D eigenvalue weighted by molar-refractivity contribution is 5.75. The summed E-state index contributed by atoms with van der Waals surface area (Å²) in [5.74, 6) is 1.05. The van der Waals surface area contributed by atoms with Crippen molar-refractivity contribution in [2.75, 3.05) is 13.1 Å². The number of carbonyl (C=O) groups excluding carboxylic acids is 1. The van der Waals surface area contributed by atoms with Crippen LogP contribution in [0.1, 0.15) is 50.2 Å². The average Bonchev–Trinajstić information content (AvgIpc) is 2.94. The lowest BCUT2D eigenvalue weighted by atomic mass is 9.55. The van der Waals surface area contributed by atoms with Crippen LogP contribution >= 0.6 is 0 Å². The average molecular weight is 366 g/mol. The second kappa shape index (κ2) is 6.48. The molecular weight excluding hydrogens is 334 g/mol. The number of hydrogen-bond acceptors (Lipinski definition) is 3. The molecule has 0 N–H and O–H groups in total. The molecule has 0 unspecified atom stereocenters. The van der Waals surface area contributed by atoms with E-state index >= 15 is 0 Å². The molecular formula is C24H31NO2. The molecule has 0 aromatic heterocycles. The van der Waals surface area contributed by atoms with Gasteiger partial charge in [0.2, 0.25) is 0 Å². The van der Waals surface area contributed by atoms with Crippen molar-refractivity contribution in [3.8, 4) is 0 Å². The van der Waals surface area contributed by atoms with E-state index in [1.54, 1.807) is 0 Å². The van der Waals surface area contributed by atoms with Crippen LogP contribution in [0.5, 0.6) is 0 Å². The lowest BCUT2D eigenvalue weighted by Gasteiger charge is -2.50. The van der Waals surface area contributed by atoms with Crippen molar-refractivity contribution in [2.45, 2.75) is 58.1 Å². The lowest BCUT2D eigenvalue weighted by Crippen LogP contribution is -2.46. The Balaban J connectivity index is 1.32. The van der Waals surface area contributed by atoms with Gasteiger partial charge in [-0.2, -0.15) is 0 Å². The van der Waals surface area contributed by atoms with E-state index in [4.69, 9.17) is 4.74 Å². The molecule has 0 bridgehead atoms. The maximum atomic E-state index is 12.8. The third-order valence-corrected chi connectivity index (χ3v) is 7.98. The van der Waals surface area contributed by atoms with Gasteiger partial charge in [0.05, 0.1) is 5.92 Å². The third-order valence-electron chi connectivity index (χ3n) is 7.98. The fourth-order valence-electron chi connectivity index (χ4n) is 6.45. The van der Waals surface area contributed by atoms with Crippen molar-refractivity contribution in [2.24, 2.45) is 23.2 Å². The zero-order valence-electron chi connectivity index (χ0n) is 16.5. The Labute approximate surface area is 162 Å². The van der Waals surface area contributed by atoms with Crippen LogP contribution in [0.25, 0.3) is 0 Å². The topological polar surface area (TPSA) is 29.5 Å². The molecule has 1 aromatic carbocycles. The number of hydrogen-bond donors (Lipinski definition) is 0. The molecule has 0 amide bonds. The largest absolute Gasteiger partial charge is 0.462 e. The van der Waals surface area contributed by atoms with Gasteiger partial charge in [-0.05, 0) is 61.0 Å². The summed E-state index contributed by atoms with van der Waals surface area (Å²) in [7, 11) is 0. The number of carbonyl (C=O) groups is 1. The molecule has 0 radical (unpaired) electrons. The van der Waals surface area contributed by atoms with Crippen LogP contribution in [-0.4, -0.2) is 30.1 Å². The van der Waals surface area contributed by atoms with Gasteiger partial charge in [0.25, 0.3) is 0 Å². The first kappa shape index (κ1) is 17.5. The van der Waals surface area contributed by atoms with Crippen molar-refractivity contribution >= 4 is 5.97 Å². The Hall–Kier alpha value is -1.61. The summed E-state index contributed by atoms with van der Waals surface area (Å²) in [5, 5.41) is 0. The van der Waals surface area contributed by atoms with Crippen molar-refractivity contribution in [3.63, 3.8) is 0 Å². The minimum atomic E-state index is 0.0412. The molecule has 1 saturated heterocycles. The normalized spacial score (nSPS) is 38.7. The summed E-state index contributed by atoms with van der Waals surface area (Å²) >= 11 is 0. The molecule has 144 valence electrons. The van der Waals surface area contributed by atoms with Crippen LogP contribution in [0.2, 0.25) is 0 Å². The van der Waals surface area contributed by atoms with E-state index in [1.165, 1.54) is 36.0 Å². The fraction of sp³-hybridized carbons (Fsp3) is 0.625. The van der Waals surface area contributed by atoms with E-state index in [2.05, 4.69) is 42.7 Å². The Kier molecular flexibility index (Phi) is 4.19. The van der Waals surface area contributed by atoms with Crippen molar-refractivity contribution in [3.05, 3.63) is 47.5 Å². The molecule has 0 spiro atoms. The number of nitrogens with zero attached hydrogens (tertiary/aromatic N) is 1. The number of rotatable bonds is 2. The Morgan fingerprint density at radius 2 is 2.07 bits per heavy atom. The number of esters is 1. The molecule has 3 fully saturated rings.